The SMILES string of the molecule is CCC(C)CC(C)CC(C)CC(CC(C)CC(C)C)C1CCC1. The summed E-state index contributed by atoms with van der Waals surface area (Å²) in [5, 5.41) is 0. The van der Waals surface area contributed by atoms with Gasteiger partial charge in [-0.2, -0.15) is 0 Å². The topological polar surface area (TPSA) is 0 Å². The maximum atomic E-state index is 2.53. The van der Waals surface area contributed by atoms with E-state index in [2.05, 4.69) is 48.5 Å². The summed E-state index contributed by atoms with van der Waals surface area (Å²) >= 11 is 0. The second-order valence-electron chi connectivity index (χ2n) is 9.85. The molecule has 1 aliphatic carbocycles. The van der Waals surface area contributed by atoms with Gasteiger partial charge < -0.3 is 0 Å². The van der Waals surface area contributed by atoms with Crippen LogP contribution in [0.25, 0.3) is 0 Å². The Labute approximate surface area is 148 Å². The van der Waals surface area contributed by atoms with Gasteiger partial charge in [0.25, 0.3) is 0 Å². The first kappa shape index (κ1) is 21.0. The van der Waals surface area contributed by atoms with E-state index in [0.29, 0.717) is 0 Å². The molecule has 0 aromatic heterocycles. The Balaban J connectivity index is 2.42. The number of hydrogen-bond acceptors (Lipinski definition) is 0. The summed E-state index contributed by atoms with van der Waals surface area (Å²) in [5.74, 6) is 6.61. The molecule has 5 unspecified atom stereocenters. The fourth-order valence-corrected chi connectivity index (χ4v) is 5.06. The van der Waals surface area contributed by atoms with Gasteiger partial charge in [0.2, 0.25) is 0 Å². The normalized spacial score (nSPS) is 22.4. The molecule has 0 heterocycles. The molecule has 138 valence electrons. The molecule has 0 heteroatoms. The van der Waals surface area contributed by atoms with Crippen LogP contribution in [0.3, 0.4) is 0 Å². The first-order valence-electron chi connectivity index (χ1n) is 10.8. The highest BCUT2D eigenvalue weighted by atomic mass is 14.4. The second-order valence-corrected chi connectivity index (χ2v) is 9.85. The smallest absolute Gasteiger partial charge is 0.0381 e. The highest BCUT2D eigenvalue weighted by molar-refractivity contribution is 4.81. The van der Waals surface area contributed by atoms with Crippen molar-refractivity contribution in [2.75, 3.05) is 0 Å². The Morgan fingerprint density at radius 2 is 1.13 bits per heavy atom. The van der Waals surface area contributed by atoms with Crippen molar-refractivity contribution in [1.29, 1.82) is 0 Å². The minimum absolute atomic E-state index is 0.861. The van der Waals surface area contributed by atoms with Gasteiger partial charge in [0.05, 0.1) is 0 Å². The van der Waals surface area contributed by atoms with Gasteiger partial charge in [-0.25, -0.2) is 0 Å². The predicted molar refractivity (Wildman–Crippen MR) is 106 cm³/mol. The molecule has 1 rings (SSSR count). The summed E-state index contributed by atoms with van der Waals surface area (Å²) in [7, 11) is 0. The molecule has 1 saturated carbocycles. The van der Waals surface area contributed by atoms with Gasteiger partial charge in [-0.05, 0) is 73.5 Å². The van der Waals surface area contributed by atoms with Crippen LogP contribution in [-0.2, 0) is 0 Å². The van der Waals surface area contributed by atoms with E-state index >= 15 is 0 Å². The molecule has 1 fully saturated rings. The molecule has 5 atom stereocenters. The molecule has 0 spiro atoms. The van der Waals surface area contributed by atoms with Crippen molar-refractivity contribution in [1.82, 2.24) is 0 Å². The second kappa shape index (κ2) is 10.8. The van der Waals surface area contributed by atoms with Gasteiger partial charge in [-0.1, -0.05) is 74.1 Å². The van der Waals surface area contributed by atoms with Crippen molar-refractivity contribution in [2.24, 2.45) is 41.4 Å². The van der Waals surface area contributed by atoms with E-state index in [1.54, 1.807) is 0 Å². The van der Waals surface area contributed by atoms with Crippen LogP contribution in [0.2, 0.25) is 0 Å². The average molecular weight is 323 g/mol. The fraction of sp³-hybridized carbons (Fsp3) is 1.00. The van der Waals surface area contributed by atoms with E-state index in [1.807, 2.05) is 0 Å². The summed E-state index contributed by atoms with van der Waals surface area (Å²) in [5.41, 5.74) is 0. The molecule has 23 heavy (non-hydrogen) atoms. The maximum absolute atomic E-state index is 2.53. The zero-order valence-corrected chi connectivity index (χ0v) is 17.4. The van der Waals surface area contributed by atoms with Crippen LogP contribution in [0.15, 0.2) is 0 Å². The maximum Gasteiger partial charge on any atom is -0.0381 e. The van der Waals surface area contributed by atoms with Gasteiger partial charge in [-0.3, -0.25) is 0 Å². The molecule has 1 aliphatic rings. The van der Waals surface area contributed by atoms with E-state index in [4.69, 9.17) is 0 Å². The quantitative estimate of drug-likeness (QED) is 0.342. The third kappa shape index (κ3) is 8.59. The first-order valence-corrected chi connectivity index (χ1v) is 10.8. The summed E-state index contributed by atoms with van der Waals surface area (Å²) in [4.78, 5) is 0. The molecular formula is C23H46. The lowest BCUT2D eigenvalue weighted by molar-refractivity contribution is 0.139. The largest absolute Gasteiger partial charge is 0.0651 e. The van der Waals surface area contributed by atoms with E-state index in [0.717, 1.165) is 41.4 Å². The van der Waals surface area contributed by atoms with Gasteiger partial charge >= 0.3 is 0 Å². The monoisotopic (exact) mass is 322 g/mol. The first-order chi connectivity index (χ1) is 10.8. The van der Waals surface area contributed by atoms with Crippen LogP contribution in [0.4, 0.5) is 0 Å². The molecule has 0 radical (unpaired) electrons. The van der Waals surface area contributed by atoms with Crippen LogP contribution in [-0.4, -0.2) is 0 Å². The van der Waals surface area contributed by atoms with Crippen LogP contribution in [0.5, 0.6) is 0 Å². The molecule has 0 amide bonds. The summed E-state index contributed by atoms with van der Waals surface area (Å²) in [6, 6.07) is 0. The predicted octanol–water partition coefficient (Wildman–Crippen LogP) is 7.96. The van der Waals surface area contributed by atoms with Crippen molar-refractivity contribution in [3.63, 3.8) is 0 Å². The minimum Gasteiger partial charge on any atom is -0.0651 e. The summed E-state index contributed by atoms with van der Waals surface area (Å²) in [6.07, 6.45) is 13.2. The van der Waals surface area contributed by atoms with Crippen molar-refractivity contribution in [3.05, 3.63) is 0 Å². The Kier molecular flexibility index (Phi) is 9.86. The number of hydrogen-bond donors (Lipinski definition) is 0. The lowest BCUT2D eigenvalue weighted by Crippen LogP contribution is -2.26. The standard InChI is InChI=1S/C23H46/c1-8-18(4)13-20(6)14-21(7)16-23(22-10-9-11-22)15-19(5)12-17(2)3/h17-23H,8-16H2,1-7H3. The summed E-state index contributed by atoms with van der Waals surface area (Å²) < 4.78 is 0. The molecule has 0 aromatic carbocycles. The zero-order chi connectivity index (χ0) is 17.4. The molecular weight excluding hydrogens is 276 g/mol. The van der Waals surface area contributed by atoms with Crippen molar-refractivity contribution in [3.8, 4) is 0 Å². The van der Waals surface area contributed by atoms with Crippen LogP contribution < -0.4 is 0 Å². The third-order valence-electron chi connectivity index (χ3n) is 6.41. The number of rotatable bonds is 12. The Bertz CT molecular complexity index is 288. The molecule has 0 N–H and O–H groups in total. The zero-order valence-electron chi connectivity index (χ0n) is 17.4. The van der Waals surface area contributed by atoms with Gasteiger partial charge in [-0.15, -0.1) is 0 Å². The minimum atomic E-state index is 0.861. The molecule has 0 aromatic rings. The molecule has 0 aliphatic heterocycles. The van der Waals surface area contributed by atoms with Crippen LogP contribution in [0, 0.1) is 41.4 Å². The molecule has 0 saturated heterocycles. The highest BCUT2D eigenvalue weighted by Crippen LogP contribution is 2.41. The lowest BCUT2D eigenvalue weighted by atomic mass is 9.68. The Morgan fingerprint density at radius 1 is 0.652 bits per heavy atom. The van der Waals surface area contributed by atoms with E-state index < -0.39 is 0 Å². The third-order valence-corrected chi connectivity index (χ3v) is 6.41. The lowest BCUT2D eigenvalue weighted by Gasteiger charge is -2.37. The van der Waals surface area contributed by atoms with Crippen LogP contribution >= 0.6 is 0 Å². The van der Waals surface area contributed by atoms with E-state index in [9.17, 15) is 0 Å². The highest BCUT2D eigenvalue weighted by Gasteiger charge is 2.30. The van der Waals surface area contributed by atoms with Crippen molar-refractivity contribution < 1.29 is 0 Å². The van der Waals surface area contributed by atoms with E-state index in [1.165, 1.54) is 57.8 Å². The molecule has 0 bridgehead atoms. The molecule has 0 nitrogen and oxygen atoms in total. The van der Waals surface area contributed by atoms with Gasteiger partial charge in [0.1, 0.15) is 0 Å². The van der Waals surface area contributed by atoms with Crippen molar-refractivity contribution in [2.45, 2.75) is 106 Å². The van der Waals surface area contributed by atoms with Gasteiger partial charge in [0.15, 0.2) is 0 Å². The average Bonchev–Trinajstić information content (AvgIpc) is 2.34. The fourth-order valence-electron chi connectivity index (χ4n) is 5.06. The summed E-state index contributed by atoms with van der Waals surface area (Å²) in [6.45, 7) is 17.0. The van der Waals surface area contributed by atoms with E-state index in [-0.39, 0.29) is 0 Å². The van der Waals surface area contributed by atoms with Crippen LogP contribution in [0.1, 0.15) is 106 Å². The van der Waals surface area contributed by atoms with Gasteiger partial charge in [0, 0.05) is 0 Å². The van der Waals surface area contributed by atoms with Crippen molar-refractivity contribution >= 4 is 0 Å². The Morgan fingerprint density at radius 3 is 1.57 bits per heavy atom. The Hall–Kier alpha value is 0.